The van der Waals surface area contributed by atoms with Crippen LogP contribution < -0.4 is 4.74 Å². The van der Waals surface area contributed by atoms with Gasteiger partial charge in [-0.25, -0.2) is 4.98 Å². The van der Waals surface area contributed by atoms with E-state index in [4.69, 9.17) is 20.3 Å². The van der Waals surface area contributed by atoms with Crippen molar-refractivity contribution in [2.45, 2.75) is 6.61 Å². The van der Waals surface area contributed by atoms with Crippen molar-refractivity contribution in [3.63, 3.8) is 0 Å². The second kappa shape index (κ2) is 9.15. The van der Waals surface area contributed by atoms with Gasteiger partial charge in [0.05, 0.1) is 11.2 Å². The summed E-state index contributed by atoms with van der Waals surface area (Å²) in [5.74, 6) is 0.633. The van der Waals surface area contributed by atoms with Gasteiger partial charge in [0.1, 0.15) is 12.4 Å². The number of thiophene rings is 1. The molecular weight excluding hydrogens is 394 g/mol. The van der Waals surface area contributed by atoms with Crippen LogP contribution in [0.15, 0.2) is 77.5 Å². The van der Waals surface area contributed by atoms with Gasteiger partial charge in [-0.05, 0) is 58.3 Å². The van der Waals surface area contributed by atoms with Crippen LogP contribution in [-0.4, -0.2) is 17.3 Å². The smallest absolute Gasteiger partial charge is 0.221 e. The van der Waals surface area contributed by atoms with Crippen molar-refractivity contribution >= 4 is 46.2 Å². The van der Waals surface area contributed by atoms with Crippen molar-refractivity contribution in [2.24, 2.45) is 0 Å². The average molecular weight is 414 g/mol. The second-order valence-electron chi connectivity index (χ2n) is 6.49. The highest BCUT2D eigenvalue weighted by Gasteiger charge is 2.11. The number of fused-ring (bicyclic) bond motifs is 1. The lowest BCUT2D eigenvalue weighted by Crippen LogP contribution is -2.05. The van der Waals surface area contributed by atoms with Crippen molar-refractivity contribution < 1.29 is 9.47 Å². The quantitative estimate of drug-likeness (QED) is 0.287. The predicted octanol–water partition coefficient (Wildman–Crippen LogP) is 6.02. The minimum absolute atomic E-state index is 0.0785. The van der Waals surface area contributed by atoms with Crippen LogP contribution in [0.5, 0.6) is 5.75 Å². The minimum atomic E-state index is -0.0785. The van der Waals surface area contributed by atoms with E-state index in [1.54, 1.807) is 11.3 Å². The monoisotopic (exact) mass is 413 g/mol. The Bertz CT molecular complexity index is 1200. The summed E-state index contributed by atoms with van der Waals surface area (Å²) in [7, 11) is 0. The zero-order chi connectivity index (χ0) is 20.8. The molecule has 0 unspecified atom stereocenters. The second-order valence-corrected chi connectivity index (χ2v) is 7.27. The summed E-state index contributed by atoms with van der Waals surface area (Å²) in [4.78, 5) is 4.62. The van der Waals surface area contributed by atoms with Gasteiger partial charge in [-0.3, -0.25) is 10.8 Å². The Balaban J connectivity index is 1.50. The molecule has 0 bridgehead atoms. The first kappa shape index (κ1) is 19.5. The number of aromatic nitrogens is 1. The Morgan fingerprint density at radius 2 is 1.83 bits per heavy atom. The molecule has 2 heterocycles. The lowest BCUT2D eigenvalue weighted by molar-refractivity contribution is 0.302. The van der Waals surface area contributed by atoms with Gasteiger partial charge < -0.3 is 9.47 Å². The van der Waals surface area contributed by atoms with Crippen LogP contribution in [0.4, 0.5) is 0 Å². The van der Waals surface area contributed by atoms with Crippen molar-refractivity contribution in [1.29, 1.82) is 10.8 Å². The maximum Gasteiger partial charge on any atom is 0.221 e. The molecular formula is C24H19N3O2S. The third-order valence-electron chi connectivity index (χ3n) is 4.48. The molecule has 30 heavy (non-hydrogen) atoms. The summed E-state index contributed by atoms with van der Waals surface area (Å²) in [5, 5.41) is 20.3. The van der Waals surface area contributed by atoms with Crippen LogP contribution in [0.2, 0.25) is 0 Å². The first-order chi connectivity index (χ1) is 14.7. The van der Waals surface area contributed by atoms with E-state index in [-0.39, 0.29) is 5.90 Å². The summed E-state index contributed by atoms with van der Waals surface area (Å²) in [5.41, 5.74) is 4.19. The number of nitrogens with zero attached hydrogens (tertiary/aromatic N) is 1. The van der Waals surface area contributed by atoms with E-state index in [1.165, 1.54) is 0 Å². The molecule has 0 saturated carbocycles. The van der Waals surface area contributed by atoms with E-state index >= 15 is 0 Å². The van der Waals surface area contributed by atoms with Gasteiger partial charge in [-0.1, -0.05) is 36.4 Å². The van der Waals surface area contributed by atoms with E-state index in [0.717, 1.165) is 34.1 Å². The van der Waals surface area contributed by atoms with E-state index < -0.39 is 0 Å². The lowest BCUT2D eigenvalue weighted by atomic mass is 10.0. The largest absolute Gasteiger partial charge is 0.487 e. The molecule has 4 rings (SSSR count). The summed E-state index contributed by atoms with van der Waals surface area (Å²) in [6.45, 7) is 0.370. The molecule has 0 atom stereocenters. The summed E-state index contributed by atoms with van der Waals surface area (Å²) >= 11 is 1.58. The summed E-state index contributed by atoms with van der Waals surface area (Å²) in [6, 6.07) is 21.4. The molecule has 0 aliphatic heterocycles. The highest BCUT2D eigenvalue weighted by molar-refractivity contribution is 7.08. The number of ether oxygens (including phenoxy) is 2. The predicted molar refractivity (Wildman–Crippen MR) is 122 cm³/mol. The Morgan fingerprint density at radius 3 is 2.60 bits per heavy atom. The molecule has 0 amide bonds. The van der Waals surface area contributed by atoms with Crippen LogP contribution >= 0.6 is 11.3 Å². The fourth-order valence-corrected chi connectivity index (χ4v) is 3.62. The molecule has 0 aliphatic carbocycles. The Morgan fingerprint density at radius 1 is 1.00 bits per heavy atom. The van der Waals surface area contributed by atoms with Crippen molar-refractivity contribution in [3.05, 3.63) is 94.3 Å². The minimum Gasteiger partial charge on any atom is -0.487 e. The van der Waals surface area contributed by atoms with Crippen LogP contribution in [0.3, 0.4) is 0 Å². The van der Waals surface area contributed by atoms with E-state index in [0.29, 0.717) is 17.9 Å². The normalized spacial score (nSPS) is 11.3. The van der Waals surface area contributed by atoms with Gasteiger partial charge in [0.15, 0.2) is 6.40 Å². The van der Waals surface area contributed by atoms with Crippen molar-refractivity contribution in [1.82, 2.24) is 4.98 Å². The number of benzene rings is 2. The number of hydrogen-bond acceptors (Lipinski definition) is 6. The molecule has 4 aromatic rings. The van der Waals surface area contributed by atoms with Crippen LogP contribution in [0, 0.1) is 10.8 Å². The maximum atomic E-state index is 8.12. The van der Waals surface area contributed by atoms with E-state index in [9.17, 15) is 0 Å². The number of para-hydroxylation sites is 1. The molecule has 0 saturated heterocycles. The van der Waals surface area contributed by atoms with Crippen LogP contribution in [0.1, 0.15) is 16.8 Å². The van der Waals surface area contributed by atoms with Crippen molar-refractivity contribution in [2.75, 3.05) is 0 Å². The van der Waals surface area contributed by atoms with Gasteiger partial charge in [0.25, 0.3) is 0 Å². The molecule has 2 aromatic heterocycles. The zero-order valence-electron chi connectivity index (χ0n) is 16.0. The van der Waals surface area contributed by atoms with E-state index in [1.807, 2.05) is 83.6 Å². The molecule has 0 radical (unpaired) electrons. The molecule has 5 nitrogen and oxygen atoms in total. The topological polar surface area (TPSA) is 79.0 Å². The summed E-state index contributed by atoms with van der Waals surface area (Å²) in [6.07, 6.45) is 2.63. The third kappa shape index (κ3) is 4.61. The fourth-order valence-electron chi connectivity index (χ4n) is 3.00. The van der Waals surface area contributed by atoms with Crippen LogP contribution in [0.25, 0.3) is 22.6 Å². The Kier molecular flexibility index (Phi) is 5.96. The van der Waals surface area contributed by atoms with Gasteiger partial charge in [-0.2, -0.15) is 11.3 Å². The SMILES string of the molecule is N=COC(=N)C(=Cc1ccsc1)c1ccc(OCc2ccc3ccccc3n2)cc1. The van der Waals surface area contributed by atoms with Gasteiger partial charge in [-0.15, -0.1) is 0 Å². The number of pyridine rings is 1. The number of rotatable bonds is 7. The zero-order valence-corrected chi connectivity index (χ0v) is 16.9. The van der Waals surface area contributed by atoms with E-state index in [2.05, 4.69) is 4.98 Å². The van der Waals surface area contributed by atoms with Gasteiger partial charge in [0, 0.05) is 11.0 Å². The molecule has 0 aliphatic rings. The average Bonchev–Trinajstić information content (AvgIpc) is 3.30. The fraction of sp³-hybridized carbons (Fsp3) is 0.0417. The molecule has 6 heteroatoms. The van der Waals surface area contributed by atoms with Crippen molar-refractivity contribution in [3.8, 4) is 5.75 Å². The first-order valence-corrected chi connectivity index (χ1v) is 10.2. The Labute approximate surface area is 178 Å². The van der Waals surface area contributed by atoms with Gasteiger partial charge >= 0.3 is 0 Å². The molecule has 2 N–H and O–H groups in total. The summed E-state index contributed by atoms with van der Waals surface area (Å²) < 4.78 is 10.9. The maximum absolute atomic E-state index is 8.12. The third-order valence-corrected chi connectivity index (χ3v) is 5.19. The first-order valence-electron chi connectivity index (χ1n) is 9.29. The number of hydrogen-bond donors (Lipinski definition) is 2. The van der Waals surface area contributed by atoms with Gasteiger partial charge in [0.2, 0.25) is 5.90 Å². The number of nitrogens with one attached hydrogen (secondary N) is 2. The highest BCUT2D eigenvalue weighted by Crippen LogP contribution is 2.24. The highest BCUT2D eigenvalue weighted by atomic mass is 32.1. The Hall–Kier alpha value is -3.77. The molecule has 0 fully saturated rings. The lowest BCUT2D eigenvalue weighted by Gasteiger charge is -2.10. The molecule has 2 aromatic carbocycles. The molecule has 148 valence electrons. The standard InChI is InChI=1S/C24H19N3O2S/c25-16-29-24(26)22(13-17-11-12-30-15-17)18-6-9-21(10-7-18)28-14-20-8-5-19-3-1-2-4-23(19)27-20/h1-13,15-16,25-26H,14H2. The van der Waals surface area contributed by atoms with Crippen LogP contribution in [-0.2, 0) is 11.3 Å². The molecule has 0 spiro atoms.